The molecule has 2 aromatic rings. The molecule has 0 radical (unpaired) electrons. The van der Waals surface area contributed by atoms with Gasteiger partial charge in [-0.2, -0.15) is 0 Å². The van der Waals surface area contributed by atoms with Crippen LogP contribution >= 0.6 is 0 Å². The number of nitrogens with zero attached hydrogens (tertiary/aromatic N) is 3. The van der Waals surface area contributed by atoms with Gasteiger partial charge in [0, 0.05) is 13.1 Å². The lowest BCUT2D eigenvalue weighted by atomic mass is 10.4. The van der Waals surface area contributed by atoms with E-state index in [1.165, 1.54) is 0 Å². The Hall–Kier alpha value is -1.62. The maximum Gasteiger partial charge on any atom is 0.142 e. The van der Waals surface area contributed by atoms with Gasteiger partial charge in [-0.15, -0.1) is 0 Å². The first-order chi connectivity index (χ1) is 5.81. The highest BCUT2D eigenvalue weighted by atomic mass is 15.2. The number of hydrogen-bond acceptors (Lipinski definition) is 4. The van der Waals surface area contributed by atoms with Crippen molar-refractivity contribution in [3.05, 3.63) is 18.6 Å². The van der Waals surface area contributed by atoms with Gasteiger partial charge in [-0.05, 0) is 0 Å². The van der Waals surface area contributed by atoms with Crippen molar-refractivity contribution in [2.45, 2.75) is 0 Å². The molecule has 2 heterocycles. The van der Waals surface area contributed by atoms with Gasteiger partial charge >= 0.3 is 0 Å². The Kier molecular flexibility index (Phi) is 1.44. The molecule has 2 aromatic heterocycles. The second-order valence-corrected chi connectivity index (χ2v) is 2.56. The van der Waals surface area contributed by atoms with Crippen LogP contribution in [0.1, 0.15) is 0 Å². The van der Waals surface area contributed by atoms with Crippen LogP contribution in [-0.4, -0.2) is 14.5 Å². The van der Waals surface area contributed by atoms with Crippen LogP contribution in [0, 0.1) is 0 Å². The van der Waals surface area contributed by atoms with Crippen LogP contribution in [0.15, 0.2) is 18.6 Å². The molecule has 0 bridgehead atoms. The molecule has 5 nitrogen and oxygen atoms in total. The van der Waals surface area contributed by atoms with E-state index in [0.29, 0.717) is 5.82 Å². The number of hydrazine groups is 1. The Morgan fingerprint density at radius 3 is 3.08 bits per heavy atom. The first-order valence-electron chi connectivity index (χ1n) is 3.55. The van der Waals surface area contributed by atoms with Gasteiger partial charge in [0.2, 0.25) is 0 Å². The number of aromatic nitrogens is 3. The second kappa shape index (κ2) is 2.46. The normalized spacial score (nSPS) is 10.5. The third-order valence-corrected chi connectivity index (χ3v) is 1.76. The Labute approximate surface area is 69.2 Å². The van der Waals surface area contributed by atoms with E-state index < -0.39 is 0 Å². The largest absolute Gasteiger partial charge is 0.334 e. The number of nitrogens with one attached hydrogen (secondary N) is 1. The smallest absolute Gasteiger partial charge is 0.142 e. The van der Waals surface area contributed by atoms with Crippen molar-refractivity contribution in [2.24, 2.45) is 12.9 Å². The number of nitrogen functional groups attached to an aromatic ring is 1. The molecule has 5 heteroatoms. The lowest BCUT2D eigenvalue weighted by Crippen LogP contribution is -2.08. The number of pyridine rings is 1. The van der Waals surface area contributed by atoms with E-state index in [4.69, 9.17) is 5.84 Å². The summed E-state index contributed by atoms with van der Waals surface area (Å²) in [6.45, 7) is 0. The number of hydrogen-bond donors (Lipinski definition) is 2. The molecule has 0 aromatic carbocycles. The van der Waals surface area contributed by atoms with Crippen LogP contribution in [-0.2, 0) is 7.05 Å². The van der Waals surface area contributed by atoms with Gasteiger partial charge in [-0.1, -0.05) is 0 Å². The Balaban J connectivity index is 2.71. The molecule has 0 aliphatic heterocycles. The Morgan fingerprint density at radius 1 is 1.50 bits per heavy atom. The number of nitrogens with two attached hydrogens (primary N) is 1. The number of aryl methyl sites for hydroxylation is 1. The highest BCUT2D eigenvalue weighted by Crippen LogP contribution is 2.13. The van der Waals surface area contributed by atoms with Crippen molar-refractivity contribution in [3.8, 4) is 0 Å². The van der Waals surface area contributed by atoms with Crippen molar-refractivity contribution >= 4 is 16.9 Å². The van der Waals surface area contributed by atoms with Gasteiger partial charge in [0.25, 0.3) is 0 Å². The van der Waals surface area contributed by atoms with Crippen LogP contribution < -0.4 is 11.3 Å². The number of anilines is 1. The van der Waals surface area contributed by atoms with E-state index in [9.17, 15) is 0 Å². The van der Waals surface area contributed by atoms with E-state index in [1.54, 1.807) is 12.5 Å². The predicted octanol–water partition coefficient (Wildman–Crippen LogP) is 0.254. The summed E-state index contributed by atoms with van der Waals surface area (Å²) >= 11 is 0. The quantitative estimate of drug-likeness (QED) is 0.467. The van der Waals surface area contributed by atoms with Gasteiger partial charge in [0.05, 0.1) is 18.0 Å². The fourth-order valence-corrected chi connectivity index (χ4v) is 1.11. The molecule has 0 unspecified atom stereocenters. The summed E-state index contributed by atoms with van der Waals surface area (Å²) in [6, 6.07) is 1.85. The van der Waals surface area contributed by atoms with Crippen molar-refractivity contribution in [1.29, 1.82) is 0 Å². The lowest BCUT2D eigenvalue weighted by Gasteiger charge is -1.98. The highest BCUT2D eigenvalue weighted by molar-refractivity contribution is 5.76. The zero-order chi connectivity index (χ0) is 8.55. The van der Waals surface area contributed by atoms with Gasteiger partial charge in [-0.3, -0.25) is 0 Å². The highest BCUT2D eigenvalue weighted by Gasteiger charge is 2.00. The van der Waals surface area contributed by atoms with Crippen LogP contribution in [0.25, 0.3) is 11.0 Å². The molecule has 0 aliphatic rings. The number of fused-ring (bicyclic) bond motifs is 1. The summed E-state index contributed by atoms with van der Waals surface area (Å²) in [5.41, 5.74) is 4.37. The van der Waals surface area contributed by atoms with E-state index in [1.807, 2.05) is 17.7 Å². The van der Waals surface area contributed by atoms with Crippen LogP contribution in [0.5, 0.6) is 0 Å². The monoisotopic (exact) mass is 163 g/mol. The van der Waals surface area contributed by atoms with Crippen LogP contribution in [0.4, 0.5) is 5.82 Å². The van der Waals surface area contributed by atoms with E-state index in [-0.39, 0.29) is 0 Å². The minimum Gasteiger partial charge on any atom is -0.334 e. The van der Waals surface area contributed by atoms with Crippen molar-refractivity contribution < 1.29 is 0 Å². The molecule has 0 amide bonds. The third-order valence-electron chi connectivity index (χ3n) is 1.76. The first-order valence-corrected chi connectivity index (χ1v) is 3.55. The molecule has 0 atom stereocenters. The van der Waals surface area contributed by atoms with E-state index >= 15 is 0 Å². The maximum absolute atomic E-state index is 5.22. The summed E-state index contributed by atoms with van der Waals surface area (Å²) in [7, 11) is 1.93. The van der Waals surface area contributed by atoms with Crippen molar-refractivity contribution in [2.75, 3.05) is 5.43 Å². The molecule has 0 spiro atoms. The Morgan fingerprint density at radius 2 is 2.33 bits per heavy atom. The molecule has 0 saturated carbocycles. The van der Waals surface area contributed by atoms with Gasteiger partial charge in [-0.25, -0.2) is 15.8 Å². The zero-order valence-electron chi connectivity index (χ0n) is 6.65. The molecular weight excluding hydrogens is 154 g/mol. The lowest BCUT2D eigenvalue weighted by molar-refractivity contribution is 0.947. The van der Waals surface area contributed by atoms with Crippen LogP contribution in [0.3, 0.4) is 0 Å². The van der Waals surface area contributed by atoms with E-state index in [0.717, 1.165) is 11.0 Å². The summed E-state index contributed by atoms with van der Waals surface area (Å²) < 4.78 is 1.91. The zero-order valence-corrected chi connectivity index (χ0v) is 6.65. The van der Waals surface area contributed by atoms with Crippen molar-refractivity contribution in [1.82, 2.24) is 14.5 Å². The summed E-state index contributed by atoms with van der Waals surface area (Å²) in [6.07, 6.45) is 3.43. The van der Waals surface area contributed by atoms with E-state index in [2.05, 4.69) is 15.4 Å². The fourth-order valence-electron chi connectivity index (χ4n) is 1.11. The first kappa shape index (κ1) is 7.05. The standard InChI is InChI=1S/C7H9N5/c1-12-4-10-5-3-9-7(11-8)2-6(5)12/h2-4H,8H2,1H3,(H,9,11). The second-order valence-electron chi connectivity index (χ2n) is 2.56. The molecule has 0 fully saturated rings. The minimum atomic E-state index is 0.645. The molecule has 2 rings (SSSR count). The predicted molar refractivity (Wildman–Crippen MR) is 46.3 cm³/mol. The third kappa shape index (κ3) is 0.911. The minimum absolute atomic E-state index is 0.645. The van der Waals surface area contributed by atoms with Gasteiger partial charge < -0.3 is 9.99 Å². The van der Waals surface area contributed by atoms with Crippen molar-refractivity contribution in [3.63, 3.8) is 0 Å². The topological polar surface area (TPSA) is 68.8 Å². The molecular formula is C7H9N5. The average Bonchev–Trinajstić information content (AvgIpc) is 2.47. The summed E-state index contributed by atoms with van der Waals surface area (Å²) in [5, 5.41) is 0. The van der Waals surface area contributed by atoms with Crippen LogP contribution in [0.2, 0.25) is 0 Å². The molecule has 0 aliphatic carbocycles. The molecule has 0 saturated heterocycles. The SMILES string of the molecule is Cn1cnc2cnc(NN)cc21. The maximum atomic E-state index is 5.22. The number of imidazole rings is 1. The molecule has 3 N–H and O–H groups in total. The molecule has 62 valence electrons. The summed E-state index contributed by atoms with van der Waals surface area (Å²) in [5.74, 6) is 5.86. The molecule has 12 heavy (non-hydrogen) atoms. The summed E-state index contributed by atoms with van der Waals surface area (Å²) in [4.78, 5) is 8.15. The fraction of sp³-hybridized carbons (Fsp3) is 0.143. The number of rotatable bonds is 1. The average molecular weight is 163 g/mol. The van der Waals surface area contributed by atoms with Gasteiger partial charge in [0.15, 0.2) is 0 Å². The van der Waals surface area contributed by atoms with Gasteiger partial charge in [0.1, 0.15) is 11.3 Å². The Bertz CT molecular complexity index is 405.